The fourth-order valence-electron chi connectivity index (χ4n) is 1.64. The van der Waals surface area contributed by atoms with E-state index in [0.717, 1.165) is 30.9 Å². The monoisotopic (exact) mass is 284 g/mol. The number of carbonyl (C=O) groups is 1. The van der Waals surface area contributed by atoms with E-state index in [4.69, 9.17) is 5.73 Å². The standard InChI is InChI=1S/C13H24N4OS/c1-3-5-6-7-9-15-12(18)10-11(14)17-13(19-10)16-8-4-2/h3-9,14H2,1-2H3,(H,15,18)(H,16,17). The number of nitrogen functional groups attached to an aromatic ring is 1. The maximum Gasteiger partial charge on any atom is 0.265 e. The average Bonchev–Trinajstić information content (AvgIpc) is 2.77. The molecular weight excluding hydrogens is 260 g/mol. The minimum atomic E-state index is -0.115. The second kappa shape index (κ2) is 8.74. The molecular formula is C13H24N4OS. The van der Waals surface area contributed by atoms with Crippen LogP contribution in [0.1, 0.15) is 55.6 Å². The van der Waals surface area contributed by atoms with Gasteiger partial charge in [-0.15, -0.1) is 0 Å². The van der Waals surface area contributed by atoms with Crippen LogP contribution in [-0.2, 0) is 0 Å². The van der Waals surface area contributed by atoms with E-state index >= 15 is 0 Å². The molecule has 1 rings (SSSR count). The van der Waals surface area contributed by atoms with Gasteiger partial charge in [-0.05, 0) is 12.8 Å². The Morgan fingerprint density at radius 1 is 1.21 bits per heavy atom. The van der Waals surface area contributed by atoms with Crippen LogP contribution in [0, 0.1) is 0 Å². The lowest BCUT2D eigenvalue weighted by Gasteiger charge is -2.03. The molecule has 1 aromatic rings. The Kier molecular flexibility index (Phi) is 7.25. The molecule has 1 heterocycles. The van der Waals surface area contributed by atoms with Crippen molar-refractivity contribution >= 4 is 28.2 Å². The first-order valence-corrected chi connectivity index (χ1v) is 7.79. The van der Waals surface area contributed by atoms with E-state index in [9.17, 15) is 4.79 Å². The fraction of sp³-hybridized carbons (Fsp3) is 0.692. The van der Waals surface area contributed by atoms with E-state index in [1.807, 2.05) is 0 Å². The van der Waals surface area contributed by atoms with Gasteiger partial charge in [0.1, 0.15) is 10.7 Å². The zero-order valence-electron chi connectivity index (χ0n) is 11.8. The van der Waals surface area contributed by atoms with Crippen molar-refractivity contribution in [2.75, 3.05) is 24.1 Å². The van der Waals surface area contributed by atoms with E-state index in [1.54, 1.807) is 0 Å². The summed E-state index contributed by atoms with van der Waals surface area (Å²) in [5.74, 6) is 0.200. The number of unbranched alkanes of at least 4 members (excludes halogenated alkanes) is 3. The third-order valence-electron chi connectivity index (χ3n) is 2.70. The largest absolute Gasteiger partial charge is 0.382 e. The van der Waals surface area contributed by atoms with E-state index in [0.29, 0.717) is 17.2 Å². The SMILES string of the molecule is CCCCCCNC(=O)c1sc(NCCC)nc1N. The lowest BCUT2D eigenvalue weighted by molar-refractivity contribution is 0.0957. The number of aromatic nitrogens is 1. The van der Waals surface area contributed by atoms with Gasteiger partial charge < -0.3 is 16.4 Å². The summed E-state index contributed by atoms with van der Waals surface area (Å²) in [5.41, 5.74) is 5.76. The van der Waals surface area contributed by atoms with Crippen LogP contribution in [0.5, 0.6) is 0 Å². The van der Waals surface area contributed by atoms with Crippen LogP contribution < -0.4 is 16.4 Å². The van der Waals surface area contributed by atoms with Crippen molar-refractivity contribution in [2.24, 2.45) is 0 Å². The van der Waals surface area contributed by atoms with Gasteiger partial charge in [-0.1, -0.05) is 44.4 Å². The van der Waals surface area contributed by atoms with E-state index in [-0.39, 0.29) is 5.91 Å². The number of nitrogens with two attached hydrogens (primary N) is 1. The lowest BCUT2D eigenvalue weighted by atomic mass is 10.2. The van der Waals surface area contributed by atoms with Gasteiger partial charge in [-0.25, -0.2) is 4.98 Å². The molecule has 4 N–H and O–H groups in total. The number of rotatable bonds is 9. The Morgan fingerprint density at radius 3 is 2.68 bits per heavy atom. The average molecular weight is 284 g/mol. The molecule has 1 amide bonds. The molecule has 19 heavy (non-hydrogen) atoms. The number of hydrogen-bond donors (Lipinski definition) is 3. The number of carbonyl (C=O) groups excluding carboxylic acids is 1. The van der Waals surface area contributed by atoms with Crippen LogP contribution in [0.3, 0.4) is 0 Å². The van der Waals surface area contributed by atoms with Crippen molar-refractivity contribution in [3.63, 3.8) is 0 Å². The van der Waals surface area contributed by atoms with Crippen LogP contribution in [0.25, 0.3) is 0 Å². The summed E-state index contributed by atoms with van der Waals surface area (Å²) < 4.78 is 0. The Labute approximate surface area is 119 Å². The zero-order chi connectivity index (χ0) is 14.1. The third-order valence-corrected chi connectivity index (χ3v) is 3.73. The van der Waals surface area contributed by atoms with Gasteiger partial charge in [0, 0.05) is 13.1 Å². The van der Waals surface area contributed by atoms with Crippen LogP contribution in [0.4, 0.5) is 10.9 Å². The van der Waals surface area contributed by atoms with Gasteiger partial charge in [-0.3, -0.25) is 4.79 Å². The van der Waals surface area contributed by atoms with Gasteiger partial charge in [-0.2, -0.15) is 0 Å². The number of anilines is 2. The Morgan fingerprint density at radius 2 is 2.00 bits per heavy atom. The maximum absolute atomic E-state index is 11.9. The summed E-state index contributed by atoms with van der Waals surface area (Å²) >= 11 is 1.32. The van der Waals surface area contributed by atoms with Crippen LogP contribution in [0.2, 0.25) is 0 Å². The molecule has 1 aromatic heterocycles. The molecule has 0 unspecified atom stereocenters. The Bertz CT molecular complexity index is 392. The normalized spacial score (nSPS) is 10.4. The fourth-order valence-corrected chi connectivity index (χ4v) is 2.46. The molecule has 0 aromatic carbocycles. The molecule has 0 fully saturated rings. The third kappa shape index (κ3) is 5.46. The van der Waals surface area contributed by atoms with Gasteiger partial charge in [0.2, 0.25) is 0 Å². The first-order chi connectivity index (χ1) is 9.19. The number of hydrogen-bond acceptors (Lipinski definition) is 5. The topological polar surface area (TPSA) is 80.0 Å². The summed E-state index contributed by atoms with van der Waals surface area (Å²) in [6.45, 7) is 5.79. The smallest absolute Gasteiger partial charge is 0.265 e. The van der Waals surface area contributed by atoms with E-state index in [2.05, 4.69) is 29.5 Å². The molecule has 108 valence electrons. The maximum atomic E-state index is 11.9. The van der Waals surface area contributed by atoms with Gasteiger partial charge in [0.15, 0.2) is 5.13 Å². The highest BCUT2D eigenvalue weighted by Crippen LogP contribution is 2.24. The summed E-state index contributed by atoms with van der Waals surface area (Å²) in [5, 5.41) is 6.75. The molecule has 0 radical (unpaired) electrons. The lowest BCUT2D eigenvalue weighted by Crippen LogP contribution is -2.24. The van der Waals surface area contributed by atoms with Crippen molar-refractivity contribution in [3.05, 3.63) is 4.88 Å². The number of nitrogens with zero attached hydrogens (tertiary/aromatic N) is 1. The highest BCUT2D eigenvalue weighted by molar-refractivity contribution is 7.18. The summed E-state index contributed by atoms with van der Waals surface area (Å²) in [7, 11) is 0. The summed E-state index contributed by atoms with van der Waals surface area (Å²) in [6.07, 6.45) is 5.59. The molecule has 6 heteroatoms. The molecule has 5 nitrogen and oxygen atoms in total. The molecule has 0 aliphatic carbocycles. The van der Waals surface area contributed by atoms with Gasteiger partial charge in [0.05, 0.1) is 0 Å². The Balaban J connectivity index is 2.41. The van der Waals surface area contributed by atoms with E-state index < -0.39 is 0 Å². The van der Waals surface area contributed by atoms with Gasteiger partial charge in [0.25, 0.3) is 5.91 Å². The highest BCUT2D eigenvalue weighted by Gasteiger charge is 2.15. The first-order valence-electron chi connectivity index (χ1n) is 6.97. The molecule has 0 spiro atoms. The predicted molar refractivity (Wildman–Crippen MR) is 81.8 cm³/mol. The van der Waals surface area contributed by atoms with Crippen molar-refractivity contribution in [3.8, 4) is 0 Å². The van der Waals surface area contributed by atoms with Crippen molar-refractivity contribution < 1.29 is 4.79 Å². The molecule has 0 aliphatic rings. The second-order valence-corrected chi connectivity index (χ2v) is 5.48. The quantitative estimate of drug-likeness (QED) is 0.609. The van der Waals surface area contributed by atoms with Crippen LogP contribution >= 0.6 is 11.3 Å². The number of thiazole rings is 1. The molecule has 0 atom stereocenters. The molecule has 0 aliphatic heterocycles. The minimum absolute atomic E-state index is 0.115. The molecule has 0 bridgehead atoms. The van der Waals surface area contributed by atoms with E-state index in [1.165, 1.54) is 24.2 Å². The number of amides is 1. The minimum Gasteiger partial charge on any atom is -0.382 e. The number of nitrogens with one attached hydrogen (secondary N) is 2. The van der Waals surface area contributed by atoms with Crippen molar-refractivity contribution in [1.82, 2.24) is 10.3 Å². The second-order valence-electron chi connectivity index (χ2n) is 4.48. The summed E-state index contributed by atoms with van der Waals surface area (Å²) in [4.78, 5) is 16.6. The van der Waals surface area contributed by atoms with Crippen molar-refractivity contribution in [2.45, 2.75) is 46.0 Å². The predicted octanol–water partition coefficient (Wildman–Crippen LogP) is 2.86. The van der Waals surface area contributed by atoms with Gasteiger partial charge >= 0.3 is 0 Å². The van der Waals surface area contributed by atoms with Crippen LogP contribution in [0.15, 0.2) is 0 Å². The molecule has 0 saturated carbocycles. The van der Waals surface area contributed by atoms with Crippen molar-refractivity contribution in [1.29, 1.82) is 0 Å². The highest BCUT2D eigenvalue weighted by atomic mass is 32.1. The summed E-state index contributed by atoms with van der Waals surface area (Å²) in [6, 6.07) is 0. The molecule has 0 saturated heterocycles. The zero-order valence-corrected chi connectivity index (χ0v) is 12.6. The van der Waals surface area contributed by atoms with Crippen LogP contribution in [-0.4, -0.2) is 24.0 Å². The Hall–Kier alpha value is -1.30. The first kappa shape index (κ1) is 15.8.